The highest BCUT2D eigenvalue weighted by atomic mass is 16.5. The Morgan fingerprint density at radius 3 is 2.33 bits per heavy atom. The number of unbranched alkanes of at least 4 members (excludes halogenated alkanes) is 1. The maximum Gasteiger partial charge on any atom is 0.407 e. The Balaban J connectivity index is 1.19. The Kier molecular flexibility index (Phi) is 8.61. The lowest BCUT2D eigenvalue weighted by atomic mass is 9.85. The van der Waals surface area contributed by atoms with E-state index >= 15 is 0 Å². The number of ether oxygens (including phenoxy) is 2. The van der Waals surface area contributed by atoms with E-state index in [0.717, 1.165) is 44.1 Å². The van der Waals surface area contributed by atoms with Gasteiger partial charge < -0.3 is 24.6 Å². The maximum atomic E-state index is 13.1. The molecule has 2 aliphatic rings. The van der Waals surface area contributed by atoms with E-state index < -0.39 is 17.0 Å². The molecule has 1 heterocycles. The number of hydrogen-bond acceptors (Lipinski definition) is 7. The van der Waals surface area contributed by atoms with E-state index in [4.69, 9.17) is 9.47 Å². The predicted molar refractivity (Wildman–Crippen MR) is 136 cm³/mol. The summed E-state index contributed by atoms with van der Waals surface area (Å²) in [5.74, 6) is 0.250. The third-order valence-electron chi connectivity index (χ3n) is 7.11. The van der Waals surface area contributed by atoms with Crippen LogP contribution in [0.5, 0.6) is 5.75 Å². The molecule has 1 aliphatic carbocycles. The molecule has 1 aliphatic heterocycles. The lowest BCUT2D eigenvalue weighted by Gasteiger charge is -2.39. The Labute approximate surface area is 211 Å². The van der Waals surface area contributed by atoms with Gasteiger partial charge in [-0.15, -0.1) is 0 Å². The van der Waals surface area contributed by atoms with Crippen molar-refractivity contribution in [1.82, 2.24) is 10.2 Å². The maximum absolute atomic E-state index is 13.1. The molecule has 0 radical (unpaired) electrons. The minimum atomic E-state index is -0.547. The molecular weight excluding hydrogens is 462 g/mol. The molecule has 1 N–H and O–H groups in total. The average Bonchev–Trinajstić information content (AvgIpc) is 2.92. The fourth-order valence-corrected chi connectivity index (χ4v) is 4.92. The fraction of sp³-hybridized carbons (Fsp3) is 0.556. The molecule has 0 spiro atoms. The summed E-state index contributed by atoms with van der Waals surface area (Å²) in [6.07, 6.45) is 4.25. The number of nitrogens with one attached hydrogen (secondary N) is 1. The van der Waals surface area contributed by atoms with Gasteiger partial charge in [-0.25, -0.2) is 4.79 Å². The van der Waals surface area contributed by atoms with Gasteiger partial charge in [0, 0.05) is 38.1 Å². The standard InChI is InChI=1S/C27H35N3O6/c1-2-3-17-35-25-22(23(31)24(25)32)29-13-15-30(16-14-29)26(33)20-9-11-21(12-10-20)28-27(34)36-18-19-7-5-4-6-8-19/h4-8,20-21H,2-3,9-18H2,1H3,(H,28,34). The molecule has 9 nitrogen and oxygen atoms in total. The zero-order chi connectivity index (χ0) is 25.5. The minimum absolute atomic E-state index is 0.00871. The molecule has 0 atom stereocenters. The van der Waals surface area contributed by atoms with Crippen LogP contribution in [0.3, 0.4) is 0 Å². The van der Waals surface area contributed by atoms with Crippen LogP contribution in [-0.2, 0) is 16.1 Å². The van der Waals surface area contributed by atoms with Crippen molar-refractivity contribution in [2.24, 2.45) is 5.92 Å². The second-order valence-corrected chi connectivity index (χ2v) is 9.60. The number of rotatable bonds is 9. The van der Waals surface area contributed by atoms with Crippen molar-refractivity contribution < 1.29 is 19.1 Å². The van der Waals surface area contributed by atoms with Crippen LogP contribution in [0.4, 0.5) is 10.5 Å². The number of alkyl carbamates (subject to hydrolysis) is 1. The van der Waals surface area contributed by atoms with Gasteiger partial charge in [0.1, 0.15) is 12.3 Å². The first kappa shape index (κ1) is 25.7. The van der Waals surface area contributed by atoms with Crippen LogP contribution in [0.25, 0.3) is 0 Å². The third kappa shape index (κ3) is 6.06. The Hall–Kier alpha value is -3.36. The predicted octanol–water partition coefficient (Wildman–Crippen LogP) is 2.60. The van der Waals surface area contributed by atoms with E-state index in [0.29, 0.717) is 38.5 Å². The van der Waals surface area contributed by atoms with Gasteiger partial charge in [0.2, 0.25) is 5.91 Å². The van der Waals surface area contributed by atoms with Gasteiger partial charge in [-0.2, -0.15) is 0 Å². The first-order chi connectivity index (χ1) is 17.5. The molecule has 0 bridgehead atoms. The Morgan fingerprint density at radius 2 is 1.67 bits per heavy atom. The largest absolute Gasteiger partial charge is 0.487 e. The summed E-state index contributed by atoms with van der Waals surface area (Å²) in [5.41, 5.74) is 0.268. The normalized spacial score (nSPS) is 20.2. The smallest absolute Gasteiger partial charge is 0.407 e. The first-order valence-corrected chi connectivity index (χ1v) is 12.9. The summed E-state index contributed by atoms with van der Waals surface area (Å²) in [5, 5.41) is 2.92. The second kappa shape index (κ2) is 12.1. The number of amides is 2. The number of hydrogen-bond donors (Lipinski definition) is 1. The summed E-state index contributed by atoms with van der Waals surface area (Å²) in [6, 6.07) is 9.54. The summed E-state index contributed by atoms with van der Waals surface area (Å²) in [4.78, 5) is 53.0. The molecule has 1 saturated heterocycles. The van der Waals surface area contributed by atoms with Gasteiger partial charge in [-0.1, -0.05) is 43.7 Å². The number of piperazine rings is 1. The van der Waals surface area contributed by atoms with Crippen LogP contribution >= 0.6 is 0 Å². The van der Waals surface area contributed by atoms with Crippen molar-refractivity contribution in [3.63, 3.8) is 0 Å². The molecule has 2 fully saturated rings. The number of carbonyl (C=O) groups excluding carboxylic acids is 2. The molecule has 9 heteroatoms. The fourth-order valence-electron chi connectivity index (χ4n) is 4.92. The summed E-state index contributed by atoms with van der Waals surface area (Å²) < 4.78 is 10.9. The van der Waals surface area contributed by atoms with Gasteiger partial charge in [0.05, 0.1) is 6.61 Å². The van der Waals surface area contributed by atoms with Gasteiger partial charge in [-0.3, -0.25) is 14.4 Å². The zero-order valence-corrected chi connectivity index (χ0v) is 20.9. The van der Waals surface area contributed by atoms with Crippen LogP contribution in [0.2, 0.25) is 0 Å². The highest BCUT2D eigenvalue weighted by Gasteiger charge is 2.34. The van der Waals surface area contributed by atoms with Crippen molar-refractivity contribution >= 4 is 17.7 Å². The monoisotopic (exact) mass is 497 g/mol. The molecule has 1 saturated carbocycles. The van der Waals surface area contributed by atoms with Crippen LogP contribution in [0.1, 0.15) is 51.0 Å². The number of anilines is 1. The number of carbonyl (C=O) groups is 2. The van der Waals surface area contributed by atoms with E-state index in [2.05, 4.69) is 5.32 Å². The van der Waals surface area contributed by atoms with Crippen LogP contribution in [0, 0.1) is 5.92 Å². The molecular formula is C27H35N3O6. The summed E-state index contributed by atoms with van der Waals surface area (Å²) >= 11 is 0. The van der Waals surface area contributed by atoms with Crippen LogP contribution in [0.15, 0.2) is 39.9 Å². The molecule has 2 aromatic rings. The topological polar surface area (TPSA) is 105 Å². The molecule has 2 amide bonds. The van der Waals surface area contributed by atoms with E-state index in [-0.39, 0.29) is 30.2 Å². The average molecular weight is 498 g/mol. The van der Waals surface area contributed by atoms with E-state index in [1.807, 2.05) is 47.1 Å². The Bertz CT molecular complexity index is 1090. The quantitative estimate of drug-likeness (QED) is 0.419. The molecule has 4 rings (SSSR count). The van der Waals surface area contributed by atoms with E-state index in [1.165, 1.54) is 0 Å². The number of benzene rings is 1. The van der Waals surface area contributed by atoms with Gasteiger partial charge in [0.25, 0.3) is 10.9 Å². The number of nitrogens with zero attached hydrogens (tertiary/aromatic N) is 2. The van der Waals surface area contributed by atoms with Gasteiger partial charge in [0.15, 0.2) is 5.75 Å². The van der Waals surface area contributed by atoms with Crippen molar-refractivity contribution in [2.75, 3.05) is 37.7 Å². The summed E-state index contributed by atoms with van der Waals surface area (Å²) in [7, 11) is 0. The Morgan fingerprint density at radius 1 is 0.972 bits per heavy atom. The van der Waals surface area contributed by atoms with Crippen LogP contribution < -0.4 is 25.8 Å². The SMILES string of the molecule is CCCCOc1c(N2CCN(C(=O)C3CCC(NC(=O)OCc4ccccc4)CC3)CC2)c(=O)c1=O. The van der Waals surface area contributed by atoms with Crippen molar-refractivity contribution in [1.29, 1.82) is 0 Å². The molecule has 0 aromatic heterocycles. The molecule has 2 aromatic carbocycles. The third-order valence-corrected chi connectivity index (χ3v) is 7.11. The lowest BCUT2D eigenvalue weighted by Crippen LogP contribution is -2.54. The minimum Gasteiger partial charge on any atom is -0.487 e. The summed E-state index contributed by atoms with van der Waals surface area (Å²) in [6.45, 7) is 4.72. The van der Waals surface area contributed by atoms with E-state index in [1.54, 1.807) is 0 Å². The molecule has 0 unspecified atom stereocenters. The van der Waals surface area contributed by atoms with E-state index in [9.17, 15) is 19.2 Å². The highest BCUT2D eigenvalue weighted by Crippen LogP contribution is 2.28. The molecule has 36 heavy (non-hydrogen) atoms. The first-order valence-electron chi connectivity index (χ1n) is 12.9. The lowest BCUT2D eigenvalue weighted by molar-refractivity contribution is -0.137. The van der Waals surface area contributed by atoms with Gasteiger partial charge in [-0.05, 0) is 37.7 Å². The highest BCUT2D eigenvalue weighted by molar-refractivity contribution is 5.79. The van der Waals surface area contributed by atoms with Crippen molar-refractivity contribution in [2.45, 2.75) is 58.1 Å². The second-order valence-electron chi connectivity index (χ2n) is 9.60. The zero-order valence-electron chi connectivity index (χ0n) is 20.9. The van der Waals surface area contributed by atoms with Crippen LogP contribution in [-0.4, -0.2) is 55.7 Å². The van der Waals surface area contributed by atoms with Crippen molar-refractivity contribution in [3.05, 3.63) is 56.3 Å². The molecule has 194 valence electrons. The van der Waals surface area contributed by atoms with Gasteiger partial charge >= 0.3 is 6.09 Å². The van der Waals surface area contributed by atoms with Crippen molar-refractivity contribution in [3.8, 4) is 5.75 Å².